The van der Waals surface area contributed by atoms with Crippen molar-refractivity contribution in [3.63, 3.8) is 0 Å². The summed E-state index contributed by atoms with van der Waals surface area (Å²) in [5, 5.41) is 7.48. The van der Waals surface area contributed by atoms with E-state index in [2.05, 4.69) is 24.3 Å². The number of aryl methyl sites for hydroxylation is 1. The Morgan fingerprint density at radius 1 is 1.20 bits per heavy atom. The van der Waals surface area contributed by atoms with Crippen molar-refractivity contribution in [3.05, 3.63) is 47.3 Å². The number of hydrogen-bond acceptors (Lipinski definition) is 3. The molecule has 2 aromatic rings. The molecule has 0 atom stereocenters. The van der Waals surface area contributed by atoms with Gasteiger partial charge < -0.3 is 10.1 Å². The number of rotatable bonds is 8. The molecule has 0 unspecified atom stereocenters. The Kier molecular flexibility index (Phi) is 6.62. The van der Waals surface area contributed by atoms with Crippen LogP contribution in [0.3, 0.4) is 0 Å². The minimum absolute atomic E-state index is 0.0685. The molecule has 1 aromatic heterocycles. The highest BCUT2D eigenvalue weighted by Crippen LogP contribution is 2.15. The molecule has 0 radical (unpaired) electrons. The minimum atomic E-state index is -0.0685. The highest BCUT2D eigenvalue weighted by Gasteiger charge is 2.15. The minimum Gasteiger partial charge on any atom is -0.491 e. The molecule has 0 saturated carbocycles. The molecule has 2 rings (SSSR count). The maximum Gasteiger partial charge on any atom is 0.269 e. The van der Waals surface area contributed by atoms with Crippen LogP contribution in [-0.4, -0.2) is 28.3 Å². The summed E-state index contributed by atoms with van der Waals surface area (Å²) >= 11 is 0. The van der Waals surface area contributed by atoms with Crippen molar-refractivity contribution in [3.8, 4) is 5.75 Å². The lowest BCUT2D eigenvalue weighted by molar-refractivity contribution is 0.0943. The summed E-state index contributed by atoms with van der Waals surface area (Å²) in [4.78, 5) is 12.4. The summed E-state index contributed by atoms with van der Waals surface area (Å²) < 4.78 is 7.40. The molecule has 1 heterocycles. The molecule has 5 nitrogen and oxygen atoms in total. The van der Waals surface area contributed by atoms with Gasteiger partial charge in [-0.05, 0) is 56.9 Å². The monoisotopic (exact) mass is 343 g/mol. The van der Waals surface area contributed by atoms with Crippen LogP contribution >= 0.6 is 0 Å². The predicted molar refractivity (Wildman–Crippen MR) is 100 cm³/mol. The van der Waals surface area contributed by atoms with Crippen LogP contribution < -0.4 is 10.1 Å². The summed E-state index contributed by atoms with van der Waals surface area (Å²) in [5.74, 6) is 1.11. The average molecular weight is 343 g/mol. The van der Waals surface area contributed by atoms with Crippen LogP contribution in [0.5, 0.6) is 5.75 Å². The standard InChI is InChI=1S/C20H29N3O2/c1-6-23-19(13-18(22-23)14(2)3)20(24)21-12-11-16-7-9-17(10-8-16)25-15(4)5/h7-10,13-15H,6,11-12H2,1-5H3,(H,21,24). The van der Waals surface area contributed by atoms with Crippen LogP contribution in [0, 0.1) is 0 Å². The van der Waals surface area contributed by atoms with Gasteiger partial charge in [0.1, 0.15) is 11.4 Å². The molecule has 5 heteroatoms. The predicted octanol–water partition coefficient (Wildman–Crippen LogP) is 3.79. The Morgan fingerprint density at radius 3 is 2.44 bits per heavy atom. The molecule has 0 spiro atoms. The molecule has 1 aromatic carbocycles. The molecule has 1 amide bonds. The first-order chi connectivity index (χ1) is 11.9. The third-order valence-electron chi connectivity index (χ3n) is 3.92. The number of nitrogens with one attached hydrogen (secondary N) is 1. The van der Waals surface area contributed by atoms with Crippen molar-refractivity contribution in [2.75, 3.05) is 6.54 Å². The zero-order valence-electron chi connectivity index (χ0n) is 15.9. The lowest BCUT2D eigenvalue weighted by Crippen LogP contribution is -2.28. The molecule has 25 heavy (non-hydrogen) atoms. The normalized spacial score (nSPS) is 11.2. The van der Waals surface area contributed by atoms with Crippen molar-refractivity contribution in [1.82, 2.24) is 15.1 Å². The first-order valence-electron chi connectivity index (χ1n) is 9.02. The Labute approximate surface area is 150 Å². The Hall–Kier alpha value is -2.30. The second kappa shape index (κ2) is 8.70. The summed E-state index contributed by atoms with van der Waals surface area (Å²) in [6.45, 7) is 11.5. The first kappa shape index (κ1) is 19.0. The lowest BCUT2D eigenvalue weighted by atomic mass is 10.1. The van der Waals surface area contributed by atoms with Gasteiger partial charge in [0, 0.05) is 13.1 Å². The molecule has 0 aliphatic heterocycles. The van der Waals surface area contributed by atoms with Crippen LogP contribution in [0.2, 0.25) is 0 Å². The van der Waals surface area contributed by atoms with Crippen LogP contribution in [0.15, 0.2) is 30.3 Å². The van der Waals surface area contributed by atoms with Gasteiger partial charge in [0.2, 0.25) is 0 Å². The number of benzene rings is 1. The lowest BCUT2D eigenvalue weighted by Gasteiger charge is -2.10. The van der Waals surface area contributed by atoms with Gasteiger partial charge in [0.05, 0.1) is 11.8 Å². The second-order valence-corrected chi connectivity index (χ2v) is 6.74. The van der Waals surface area contributed by atoms with Gasteiger partial charge in [-0.2, -0.15) is 5.10 Å². The fraction of sp³-hybridized carbons (Fsp3) is 0.500. The number of aromatic nitrogens is 2. The van der Waals surface area contributed by atoms with Gasteiger partial charge in [-0.1, -0.05) is 26.0 Å². The third-order valence-corrected chi connectivity index (χ3v) is 3.92. The molecule has 0 aliphatic rings. The van der Waals surface area contributed by atoms with Gasteiger partial charge in [0.25, 0.3) is 5.91 Å². The van der Waals surface area contributed by atoms with Gasteiger partial charge in [-0.3, -0.25) is 9.48 Å². The Morgan fingerprint density at radius 2 is 1.88 bits per heavy atom. The van der Waals surface area contributed by atoms with Crippen LogP contribution in [0.4, 0.5) is 0 Å². The van der Waals surface area contributed by atoms with Crippen molar-refractivity contribution >= 4 is 5.91 Å². The van der Waals surface area contributed by atoms with Gasteiger partial charge in [0.15, 0.2) is 0 Å². The van der Waals surface area contributed by atoms with E-state index in [0.29, 0.717) is 24.7 Å². The Balaban J connectivity index is 1.90. The molecule has 136 valence electrons. The van der Waals surface area contributed by atoms with Crippen LogP contribution in [0.1, 0.15) is 62.3 Å². The Bertz CT molecular complexity index is 687. The second-order valence-electron chi connectivity index (χ2n) is 6.74. The zero-order chi connectivity index (χ0) is 18.4. The molecule has 0 bridgehead atoms. The summed E-state index contributed by atoms with van der Waals surface area (Å²) in [6.07, 6.45) is 0.953. The van der Waals surface area contributed by atoms with E-state index in [9.17, 15) is 4.79 Å². The smallest absolute Gasteiger partial charge is 0.269 e. The fourth-order valence-corrected chi connectivity index (χ4v) is 2.56. The number of carbonyl (C=O) groups excluding carboxylic acids is 1. The van der Waals surface area contributed by atoms with Gasteiger partial charge in [-0.15, -0.1) is 0 Å². The number of hydrogen-bond donors (Lipinski definition) is 1. The van der Waals surface area contributed by atoms with Crippen LogP contribution in [0.25, 0.3) is 0 Å². The highest BCUT2D eigenvalue weighted by molar-refractivity contribution is 5.92. The van der Waals surface area contributed by atoms with Crippen molar-refractivity contribution < 1.29 is 9.53 Å². The zero-order valence-corrected chi connectivity index (χ0v) is 15.9. The van der Waals surface area contributed by atoms with Gasteiger partial charge >= 0.3 is 0 Å². The van der Waals surface area contributed by atoms with Crippen LogP contribution in [-0.2, 0) is 13.0 Å². The van der Waals surface area contributed by atoms with E-state index in [0.717, 1.165) is 17.9 Å². The summed E-state index contributed by atoms with van der Waals surface area (Å²) in [6, 6.07) is 9.91. The molecule has 1 N–H and O–H groups in total. The van der Waals surface area contributed by atoms with E-state index in [1.165, 1.54) is 5.56 Å². The summed E-state index contributed by atoms with van der Waals surface area (Å²) in [5.41, 5.74) is 2.75. The van der Waals surface area contributed by atoms with E-state index in [4.69, 9.17) is 4.74 Å². The first-order valence-corrected chi connectivity index (χ1v) is 9.02. The molecular formula is C20H29N3O2. The van der Waals surface area contributed by atoms with E-state index >= 15 is 0 Å². The SMILES string of the molecule is CCn1nc(C(C)C)cc1C(=O)NCCc1ccc(OC(C)C)cc1. The van der Waals surface area contributed by atoms with Crippen molar-refractivity contribution in [2.45, 2.75) is 59.6 Å². The molecule has 0 aliphatic carbocycles. The highest BCUT2D eigenvalue weighted by atomic mass is 16.5. The maximum absolute atomic E-state index is 12.4. The van der Waals surface area contributed by atoms with Gasteiger partial charge in [-0.25, -0.2) is 0 Å². The largest absolute Gasteiger partial charge is 0.491 e. The van der Waals surface area contributed by atoms with E-state index in [1.807, 2.05) is 51.1 Å². The number of carbonyl (C=O) groups is 1. The van der Waals surface area contributed by atoms with Crippen molar-refractivity contribution in [2.24, 2.45) is 0 Å². The number of amides is 1. The quantitative estimate of drug-likeness (QED) is 0.793. The number of nitrogens with zero attached hydrogens (tertiary/aromatic N) is 2. The van der Waals surface area contributed by atoms with E-state index in [1.54, 1.807) is 4.68 Å². The third kappa shape index (κ3) is 5.34. The molecule has 0 fully saturated rings. The van der Waals surface area contributed by atoms with E-state index in [-0.39, 0.29) is 12.0 Å². The van der Waals surface area contributed by atoms with E-state index < -0.39 is 0 Å². The fourth-order valence-electron chi connectivity index (χ4n) is 2.56. The van der Waals surface area contributed by atoms with Crippen molar-refractivity contribution in [1.29, 1.82) is 0 Å². The summed E-state index contributed by atoms with van der Waals surface area (Å²) in [7, 11) is 0. The average Bonchev–Trinajstić information content (AvgIpc) is 3.00. The topological polar surface area (TPSA) is 56.2 Å². The maximum atomic E-state index is 12.4. The molecule has 0 saturated heterocycles. The number of ether oxygens (including phenoxy) is 1. The molecular weight excluding hydrogens is 314 g/mol.